The Labute approximate surface area is 176 Å². The fourth-order valence-corrected chi connectivity index (χ4v) is 5.37. The van der Waals surface area contributed by atoms with Crippen molar-refractivity contribution in [3.05, 3.63) is 29.3 Å². The summed E-state index contributed by atoms with van der Waals surface area (Å²) in [6.45, 7) is 5.69. The summed E-state index contributed by atoms with van der Waals surface area (Å²) in [5.41, 5.74) is -0.364. The number of amides is 3. The van der Waals surface area contributed by atoms with Crippen LogP contribution < -0.4 is 5.32 Å². The number of nitrogens with one attached hydrogen (secondary N) is 1. The molecule has 0 aromatic heterocycles. The van der Waals surface area contributed by atoms with Gasteiger partial charge in [-0.3, -0.25) is 14.5 Å². The summed E-state index contributed by atoms with van der Waals surface area (Å²) in [7, 11) is -2.55. The highest BCUT2D eigenvalue weighted by atomic mass is 32.2. The lowest BCUT2D eigenvalue weighted by Gasteiger charge is -2.35. The number of carbonyl (C=O) groups excluding carboxylic acids is 3. The van der Waals surface area contributed by atoms with E-state index in [0.29, 0.717) is 19.4 Å². The molecule has 1 aromatic rings. The van der Waals surface area contributed by atoms with Crippen molar-refractivity contribution >= 4 is 27.9 Å². The minimum Gasteiger partial charge on any atom is -0.444 e. The molecule has 3 amide bonds. The minimum absolute atomic E-state index is 0.0399. The van der Waals surface area contributed by atoms with Crippen LogP contribution in [0.1, 0.15) is 60.7 Å². The lowest BCUT2D eigenvalue weighted by atomic mass is 10.1. The third kappa shape index (κ3) is 4.34. The number of sulfonamides is 1. The quantitative estimate of drug-likeness (QED) is 0.721. The van der Waals surface area contributed by atoms with Gasteiger partial charge >= 0.3 is 6.09 Å². The third-order valence-electron chi connectivity index (χ3n) is 5.12. The standard InChI is InChI=1S/C20H27N3O6S/c1-20(2,3)29-19(26)21-12-13-7-5-6-10-23(13)30(27,28)14-8-9-15-16(11-14)18(25)22(4)17(15)24/h8-9,11,13H,5-7,10,12H2,1-4H3,(H,21,26). The fraction of sp³-hybridized carbons (Fsp3) is 0.550. The van der Waals surface area contributed by atoms with Gasteiger partial charge in [0.25, 0.3) is 11.8 Å². The molecule has 1 atom stereocenters. The number of nitrogens with zero attached hydrogens (tertiary/aromatic N) is 2. The number of carbonyl (C=O) groups is 3. The largest absolute Gasteiger partial charge is 0.444 e. The SMILES string of the molecule is CN1C(=O)c2ccc(S(=O)(=O)N3CCCCC3CNC(=O)OC(C)(C)C)cc2C1=O. The molecule has 2 aliphatic heterocycles. The Morgan fingerprint density at radius 3 is 2.50 bits per heavy atom. The summed E-state index contributed by atoms with van der Waals surface area (Å²) in [5, 5.41) is 2.65. The average molecular weight is 438 g/mol. The molecule has 9 nitrogen and oxygen atoms in total. The van der Waals surface area contributed by atoms with Gasteiger partial charge < -0.3 is 10.1 Å². The number of imide groups is 1. The van der Waals surface area contributed by atoms with Crippen LogP contribution in [0.15, 0.2) is 23.1 Å². The van der Waals surface area contributed by atoms with Gasteiger partial charge in [-0.1, -0.05) is 6.42 Å². The highest BCUT2D eigenvalue weighted by Gasteiger charge is 2.37. The van der Waals surface area contributed by atoms with Crippen LogP contribution in [0, 0.1) is 0 Å². The molecular formula is C20H27N3O6S. The molecule has 2 heterocycles. The van der Waals surface area contributed by atoms with Gasteiger partial charge in [0.2, 0.25) is 10.0 Å². The molecular weight excluding hydrogens is 410 g/mol. The molecule has 3 rings (SSSR count). The Balaban J connectivity index is 1.81. The molecule has 164 valence electrons. The zero-order valence-electron chi connectivity index (χ0n) is 17.6. The Morgan fingerprint density at radius 1 is 1.17 bits per heavy atom. The van der Waals surface area contributed by atoms with E-state index >= 15 is 0 Å². The van der Waals surface area contributed by atoms with Crippen LogP contribution in [-0.2, 0) is 14.8 Å². The number of rotatable bonds is 4. The van der Waals surface area contributed by atoms with Crippen molar-refractivity contribution in [2.75, 3.05) is 20.1 Å². The van der Waals surface area contributed by atoms with Gasteiger partial charge in [0.15, 0.2) is 0 Å². The van der Waals surface area contributed by atoms with Gasteiger partial charge in [-0.05, 0) is 51.8 Å². The van der Waals surface area contributed by atoms with Crippen molar-refractivity contribution in [2.24, 2.45) is 0 Å². The van der Waals surface area contributed by atoms with E-state index in [9.17, 15) is 22.8 Å². The molecule has 1 fully saturated rings. The first-order valence-corrected chi connectivity index (χ1v) is 11.3. The van der Waals surface area contributed by atoms with Gasteiger partial charge in [0, 0.05) is 26.2 Å². The maximum Gasteiger partial charge on any atom is 0.407 e. The van der Waals surface area contributed by atoms with Gasteiger partial charge in [0.1, 0.15) is 5.60 Å². The molecule has 10 heteroatoms. The van der Waals surface area contributed by atoms with Crippen molar-refractivity contribution in [1.29, 1.82) is 0 Å². The molecule has 1 unspecified atom stereocenters. The van der Waals surface area contributed by atoms with E-state index in [0.717, 1.165) is 11.3 Å². The lowest BCUT2D eigenvalue weighted by molar-refractivity contribution is 0.0511. The van der Waals surface area contributed by atoms with Crippen LogP contribution in [-0.4, -0.2) is 67.3 Å². The second-order valence-corrected chi connectivity index (χ2v) is 10.4. The minimum atomic E-state index is -3.92. The Morgan fingerprint density at radius 2 is 1.83 bits per heavy atom. The lowest BCUT2D eigenvalue weighted by Crippen LogP contribution is -2.49. The number of hydrogen-bond donors (Lipinski definition) is 1. The monoisotopic (exact) mass is 437 g/mol. The number of hydrogen-bond acceptors (Lipinski definition) is 6. The van der Waals surface area contributed by atoms with E-state index in [2.05, 4.69) is 5.32 Å². The van der Waals surface area contributed by atoms with Crippen LogP contribution in [0.2, 0.25) is 0 Å². The van der Waals surface area contributed by atoms with Crippen molar-refractivity contribution in [2.45, 2.75) is 56.6 Å². The van der Waals surface area contributed by atoms with Gasteiger partial charge in [-0.25, -0.2) is 13.2 Å². The van der Waals surface area contributed by atoms with Gasteiger partial charge in [-0.2, -0.15) is 4.31 Å². The summed E-state index contributed by atoms with van der Waals surface area (Å²) in [6.07, 6.45) is 1.54. The molecule has 1 saturated heterocycles. The number of ether oxygens (including phenoxy) is 1. The molecule has 1 N–H and O–H groups in total. The summed E-state index contributed by atoms with van der Waals surface area (Å²) in [4.78, 5) is 37.2. The number of benzene rings is 1. The fourth-order valence-electron chi connectivity index (χ4n) is 3.65. The maximum absolute atomic E-state index is 13.3. The molecule has 2 aliphatic rings. The average Bonchev–Trinajstić information content (AvgIpc) is 2.89. The van der Waals surface area contributed by atoms with Crippen molar-refractivity contribution in [1.82, 2.24) is 14.5 Å². The van der Waals surface area contributed by atoms with Gasteiger partial charge in [-0.15, -0.1) is 0 Å². The van der Waals surface area contributed by atoms with Gasteiger partial charge in [0.05, 0.1) is 16.0 Å². The second kappa shape index (κ2) is 7.99. The maximum atomic E-state index is 13.3. The topological polar surface area (TPSA) is 113 Å². The number of fused-ring (bicyclic) bond motifs is 1. The molecule has 0 aliphatic carbocycles. The van der Waals surface area contributed by atoms with E-state index < -0.39 is 39.6 Å². The summed E-state index contributed by atoms with van der Waals surface area (Å²) < 4.78 is 33.2. The predicted molar refractivity (Wildman–Crippen MR) is 109 cm³/mol. The van der Waals surface area contributed by atoms with Crippen LogP contribution in [0.3, 0.4) is 0 Å². The number of piperidine rings is 1. The molecule has 0 radical (unpaired) electrons. The molecule has 0 bridgehead atoms. The van der Waals surface area contributed by atoms with E-state index in [1.54, 1.807) is 20.8 Å². The van der Waals surface area contributed by atoms with E-state index in [1.807, 2.05) is 0 Å². The molecule has 30 heavy (non-hydrogen) atoms. The normalized spacial score (nSPS) is 20.3. The van der Waals surface area contributed by atoms with Crippen molar-refractivity contribution in [3.8, 4) is 0 Å². The Bertz CT molecular complexity index is 983. The Kier molecular flexibility index (Phi) is 5.92. The summed E-state index contributed by atoms with van der Waals surface area (Å²) in [6, 6.07) is 3.57. The second-order valence-electron chi connectivity index (χ2n) is 8.52. The zero-order valence-corrected chi connectivity index (χ0v) is 18.4. The summed E-state index contributed by atoms with van der Waals surface area (Å²) >= 11 is 0. The Hall–Kier alpha value is -2.46. The van der Waals surface area contributed by atoms with E-state index in [-0.39, 0.29) is 22.6 Å². The first kappa shape index (κ1) is 22.2. The smallest absolute Gasteiger partial charge is 0.407 e. The van der Waals surface area contributed by atoms with Crippen LogP contribution in [0.25, 0.3) is 0 Å². The van der Waals surface area contributed by atoms with E-state index in [1.165, 1.54) is 29.6 Å². The highest BCUT2D eigenvalue weighted by Crippen LogP contribution is 2.29. The third-order valence-corrected chi connectivity index (χ3v) is 7.07. The van der Waals surface area contributed by atoms with Crippen LogP contribution in [0.4, 0.5) is 4.79 Å². The first-order valence-electron chi connectivity index (χ1n) is 9.87. The molecule has 0 spiro atoms. The van der Waals surface area contributed by atoms with Crippen LogP contribution in [0.5, 0.6) is 0 Å². The van der Waals surface area contributed by atoms with Crippen LogP contribution >= 0.6 is 0 Å². The summed E-state index contributed by atoms with van der Waals surface area (Å²) in [5.74, 6) is -0.967. The predicted octanol–water partition coefficient (Wildman–Crippen LogP) is 1.98. The first-order chi connectivity index (χ1) is 13.9. The molecule has 1 aromatic carbocycles. The molecule has 0 saturated carbocycles. The zero-order chi connectivity index (χ0) is 22.3. The van der Waals surface area contributed by atoms with Crippen molar-refractivity contribution in [3.63, 3.8) is 0 Å². The van der Waals surface area contributed by atoms with Crippen molar-refractivity contribution < 1.29 is 27.5 Å². The number of alkyl carbamates (subject to hydrolysis) is 1. The highest BCUT2D eigenvalue weighted by molar-refractivity contribution is 7.89. The van der Waals surface area contributed by atoms with E-state index in [4.69, 9.17) is 4.74 Å².